The van der Waals surface area contributed by atoms with Gasteiger partial charge in [-0.1, -0.05) is 72.8 Å². The van der Waals surface area contributed by atoms with Crippen molar-refractivity contribution in [2.45, 2.75) is 24.7 Å². The van der Waals surface area contributed by atoms with Crippen LogP contribution in [0.15, 0.2) is 97.1 Å². The van der Waals surface area contributed by atoms with Crippen molar-refractivity contribution >= 4 is 22.7 Å². The third-order valence-corrected chi connectivity index (χ3v) is 6.88. The zero-order chi connectivity index (χ0) is 23.1. The van der Waals surface area contributed by atoms with Crippen LogP contribution in [-0.2, 0) is 9.59 Å². The molecule has 4 aromatic rings. The Hall–Kier alpha value is -3.92. The third kappa shape index (κ3) is 4.08. The van der Waals surface area contributed by atoms with Crippen LogP contribution in [0.1, 0.15) is 35.8 Å². The number of benzene rings is 4. The highest BCUT2D eigenvalue weighted by Gasteiger charge is 2.46. The molecule has 0 aromatic heterocycles. The summed E-state index contributed by atoms with van der Waals surface area (Å²) in [7, 11) is 0. The molecule has 2 aliphatic carbocycles. The van der Waals surface area contributed by atoms with Crippen LogP contribution in [-0.4, -0.2) is 11.9 Å². The SMILES string of the molecule is O=C(Oc1ccc2c(OC(=O)C3CC3c3ccccc3)cccc2c1)C1CC1c1ccccc1. The molecule has 2 fully saturated rings. The van der Waals surface area contributed by atoms with Gasteiger partial charge in [0, 0.05) is 5.39 Å². The number of fused-ring (bicyclic) bond motifs is 1. The number of esters is 2. The van der Waals surface area contributed by atoms with Crippen molar-refractivity contribution in [1.29, 1.82) is 0 Å². The molecule has 34 heavy (non-hydrogen) atoms. The molecule has 4 atom stereocenters. The van der Waals surface area contributed by atoms with Gasteiger partial charge in [0.05, 0.1) is 11.8 Å². The molecule has 0 N–H and O–H groups in total. The summed E-state index contributed by atoms with van der Waals surface area (Å²) in [5.41, 5.74) is 2.36. The first-order valence-electron chi connectivity index (χ1n) is 11.7. The van der Waals surface area contributed by atoms with Crippen LogP contribution in [0.5, 0.6) is 11.5 Å². The lowest BCUT2D eigenvalue weighted by atomic mass is 10.1. The summed E-state index contributed by atoms with van der Waals surface area (Å²) in [5, 5.41) is 1.68. The fraction of sp³-hybridized carbons (Fsp3) is 0.200. The van der Waals surface area contributed by atoms with E-state index in [0.717, 1.165) is 23.6 Å². The Kier molecular flexibility index (Phi) is 5.14. The lowest BCUT2D eigenvalue weighted by molar-refractivity contribution is -0.136. The van der Waals surface area contributed by atoms with Gasteiger partial charge in [0.2, 0.25) is 0 Å². The van der Waals surface area contributed by atoms with Crippen molar-refractivity contribution in [2.75, 3.05) is 0 Å². The van der Waals surface area contributed by atoms with Crippen molar-refractivity contribution in [3.8, 4) is 11.5 Å². The molecule has 4 heteroatoms. The number of carbonyl (C=O) groups is 2. The number of hydrogen-bond acceptors (Lipinski definition) is 4. The van der Waals surface area contributed by atoms with E-state index in [1.165, 1.54) is 11.1 Å². The lowest BCUT2D eigenvalue weighted by Gasteiger charge is -2.10. The number of carbonyl (C=O) groups excluding carboxylic acids is 2. The van der Waals surface area contributed by atoms with Gasteiger partial charge in [0.25, 0.3) is 0 Å². The highest BCUT2D eigenvalue weighted by atomic mass is 16.5. The molecule has 4 nitrogen and oxygen atoms in total. The average Bonchev–Trinajstić information content (AvgIpc) is 3.79. The molecule has 2 aliphatic rings. The molecule has 0 heterocycles. The number of hydrogen-bond donors (Lipinski definition) is 0. The third-order valence-electron chi connectivity index (χ3n) is 6.88. The van der Waals surface area contributed by atoms with Crippen molar-refractivity contribution in [1.82, 2.24) is 0 Å². The fourth-order valence-electron chi connectivity index (χ4n) is 4.81. The summed E-state index contributed by atoms with van der Waals surface area (Å²) in [6.07, 6.45) is 1.64. The van der Waals surface area contributed by atoms with Gasteiger partial charge < -0.3 is 9.47 Å². The number of rotatable bonds is 6. The second-order valence-corrected chi connectivity index (χ2v) is 9.20. The van der Waals surface area contributed by atoms with Crippen LogP contribution in [0.25, 0.3) is 10.8 Å². The van der Waals surface area contributed by atoms with E-state index in [1.54, 1.807) is 12.1 Å². The Labute approximate surface area is 198 Å². The second-order valence-electron chi connectivity index (χ2n) is 9.20. The average molecular weight is 449 g/mol. The molecule has 0 aliphatic heterocycles. The highest BCUT2D eigenvalue weighted by Crippen LogP contribution is 2.49. The first kappa shape index (κ1) is 20.7. The minimum absolute atomic E-state index is 0.0958. The first-order valence-corrected chi connectivity index (χ1v) is 11.7. The molecular formula is C30H24O4. The van der Waals surface area contributed by atoms with Gasteiger partial charge >= 0.3 is 11.9 Å². The Morgan fingerprint density at radius 1 is 0.618 bits per heavy atom. The Bertz CT molecular complexity index is 1360. The van der Waals surface area contributed by atoms with Crippen LogP contribution >= 0.6 is 0 Å². The highest BCUT2D eigenvalue weighted by molar-refractivity contribution is 5.92. The molecule has 168 valence electrons. The van der Waals surface area contributed by atoms with Crippen LogP contribution in [0.4, 0.5) is 0 Å². The van der Waals surface area contributed by atoms with E-state index in [4.69, 9.17) is 9.47 Å². The number of ether oxygens (including phenoxy) is 2. The molecule has 4 unspecified atom stereocenters. The maximum atomic E-state index is 12.8. The van der Waals surface area contributed by atoms with Crippen LogP contribution in [0.2, 0.25) is 0 Å². The quantitative estimate of drug-likeness (QED) is 0.258. The second kappa shape index (κ2) is 8.45. The molecule has 0 spiro atoms. The van der Waals surface area contributed by atoms with Gasteiger partial charge in [-0.15, -0.1) is 0 Å². The molecule has 4 aromatic carbocycles. The Morgan fingerprint density at radius 3 is 1.82 bits per heavy atom. The van der Waals surface area contributed by atoms with Gasteiger partial charge in [-0.2, -0.15) is 0 Å². The summed E-state index contributed by atoms with van der Waals surface area (Å²) in [4.78, 5) is 25.4. The van der Waals surface area contributed by atoms with E-state index in [-0.39, 0.29) is 35.6 Å². The van der Waals surface area contributed by atoms with Crippen molar-refractivity contribution in [3.63, 3.8) is 0 Å². The minimum Gasteiger partial charge on any atom is -0.426 e. The van der Waals surface area contributed by atoms with E-state index in [2.05, 4.69) is 24.3 Å². The van der Waals surface area contributed by atoms with Gasteiger partial charge in [-0.25, -0.2) is 0 Å². The van der Waals surface area contributed by atoms with Crippen LogP contribution < -0.4 is 9.47 Å². The molecule has 0 bridgehead atoms. The Balaban J connectivity index is 1.13. The summed E-state index contributed by atoms with van der Waals surface area (Å²) in [5.74, 6) is 0.917. The zero-order valence-electron chi connectivity index (χ0n) is 18.6. The standard InChI is InChI=1S/C30H24O4/c31-29(26-17-24(26)19-8-3-1-4-9-19)33-22-14-15-23-21(16-22)12-7-13-28(23)34-30(32)27-18-25(27)20-10-5-2-6-11-20/h1-16,24-27H,17-18H2. The predicted molar refractivity (Wildman–Crippen MR) is 130 cm³/mol. The predicted octanol–water partition coefficient (Wildman–Crippen LogP) is 6.26. The topological polar surface area (TPSA) is 52.6 Å². The van der Waals surface area contributed by atoms with Gasteiger partial charge in [0.1, 0.15) is 11.5 Å². The van der Waals surface area contributed by atoms with Gasteiger partial charge in [0.15, 0.2) is 0 Å². The monoisotopic (exact) mass is 448 g/mol. The lowest BCUT2D eigenvalue weighted by Crippen LogP contribution is -2.12. The van der Waals surface area contributed by atoms with Gasteiger partial charge in [-0.3, -0.25) is 9.59 Å². The molecule has 6 rings (SSSR count). The maximum Gasteiger partial charge on any atom is 0.314 e. The molecular weight excluding hydrogens is 424 g/mol. The normalized spacial score (nSPS) is 22.7. The maximum absolute atomic E-state index is 12.8. The van der Waals surface area contributed by atoms with E-state index in [0.29, 0.717) is 11.5 Å². The van der Waals surface area contributed by atoms with Gasteiger partial charge in [-0.05, 0) is 65.5 Å². The van der Waals surface area contributed by atoms with Crippen molar-refractivity contribution in [2.24, 2.45) is 11.8 Å². The van der Waals surface area contributed by atoms with E-state index < -0.39 is 0 Å². The van der Waals surface area contributed by atoms with Crippen LogP contribution in [0.3, 0.4) is 0 Å². The molecule has 0 radical (unpaired) electrons. The minimum atomic E-state index is -0.198. The Morgan fingerprint density at radius 2 is 1.21 bits per heavy atom. The van der Waals surface area contributed by atoms with E-state index >= 15 is 0 Å². The summed E-state index contributed by atoms with van der Waals surface area (Å²) in [6.45, 7) is 0. The van der Waals surface area contributed by atoms with Crippen molar-refractivity contribution in [3.05, 3.63) is 108 Å². The van der Waals surface area contributed by atoms with Crippen LogP contribution in [0, 0.1) is 11.8 Å². The molecule has 0 amide bonds. The fourth-order valence-corrected chi connectivity index (χ4v) is 4.81. The zero-order valence-corrected chi connectivity index (χ0v) is 18.6. The van der Waals surface area contributed by atoms with E-state index in [1.807, 2.05) is 60.7 Å². The molecule has 0 saturated heterocycles. The smallest absolute Gasteiger partial charge is 0.314 e. The summed E-state index contributed by atoms with van der Waals surface area (Å²) >= 11 is 0. The van der Waals surface area contributed by atoms with E-state index in [9.17, 15) is 9.59 Å². The molecule has 2 saturated carbocycles. The largest absolute Gasteiger partial charge is 0.426 e. The first-order chi connectivity index (χ1) is 16.7. The van der Waals surface area contributed by atoms with Crippen molar-refractivity contribution < 1.29 is 19.1 Å². The summed E-state index contributed by atoms with van der Waals surface area (Å²) in [6, 6.07) is 31.2. The summed E-state index contributed by atoms with van der Waals surface area (Å²) < 4.78 is 11.5.